The average Bonchev–Trinajstić information content (AvgIpc) is 2.61. The quantitative estimate of drug-likeness (QED) is 0.577. The first kappa shape index (κ1) is 17.9. The number of hydrogen-bond donors (Lipinski definition) is 2. The maximum absolute atomic E-state index is 12.6. The molecule has 0 aliphatic rings. The van der Waals surface area contributed by atoms with Gasteiger partial charge in [-0.3, -0.25) is 4.79 Å². The fraction of sp³-hybridized carbons (Fsp3) is 0.0588. The Kier molecular flexibility index (Phi) is 5.75. The molecular formula is C17H13BrCl2N4O. The highest BCUT2D eigenvalue weighted by molar-refractivity contribution is 9.10. The number of rotatable bonds is 5. The minimum atomic E-state index is -0.374. The van der Waals surface area contributed by atoms with Gasteiger partial charge in [-0.2, -0.15) is 9.78 Å². The standard InChI is InChI=1S/C17H13BrCl2N4O/c18-15-14(23-21-9-11-5-2-1-3-6-11)10-22-24(17(15)25)16-12(19)7-4-8-13(16)20/h1-8,10,21,23H,9H2. The molecule has 25 heavy (non-hydrogen) atoms. The minimum absolute atomic E-state index is 0.319. The number of hydrogen-bond acceptors (Lipinski definition) is 4. The predicted molar refractivity (Wildman–Crippen MR) is 104 cm³/mol. The highest BCUT2D eigenvalue weighted by atomic mass is 79.9. The van der Waals surface area contributed by atoms with Gasteiger partial charge in [0.05, 0.1) is 21.9 Å². The summed E-state index contributed by atoms with van der Waals surface area (Å²) in [5, 5.41) is 4.85. The van der Waals surface area contributed by atoms with Crippen molar-refractivity contribution in [2.45, 2.75) is 6.54 Å². The molecule has 5 nitrogen and oxygen atoms in total. The van der Waals surface area contributed by atoms with Crippen LogP contribution in [0.5, 0.6) is 0 Å². The number of hydrazine groups is 1. The number of para-hydroxylation sites is 1. The van der Waals surface area contributed by atoms with Crippen molar-refractivity contribution in [3.63, 3.8) is 0 Å². The van der Waals surface area contributed by atoms with Gasteiger partial charge in [-0.1, -0.05) is 59.6 Å². The van der Waals surface area contributed by atoms with Crippen molar-refractivity contribution < 1.29 is 0 Å². The second kappa shape index (κ2) is 8.01. The fourth-order valence-electron chi connectivity index (χ4n) is 2.21. The van der Waals surface area contributed by atoms with Gasteiger partial charge < -0.3 is 5.43 Å². The van der Waals surface area contributed by atoms with Crippen LogP contribution in [0.3, 0.4) is 0 Å². The molecule has 0 saturated carbocycles. The van der Waals surface area contributed by atoms with E-state index < -0.39 is 0 Å². The van der Waals surface area contributed by atoms with Gasteiger partial charge in [0, 0.05) is 6.54 Å². The SMILES string of the molecule is O=c1c(Br)c(NNCc2ccccc2)cnn1-c1c(Cl)cccc1Cl. The predicted octanol–water partition coefficient (Wildman–Crippen LogP) is 4.42. The second-order valence-electron chi connectivity index (χ2n) is 5.12. The van der Waals surface area contributed by atoms with Gasteiger partial charge in [0.1, 0.15) is 10.2 Å². The molecule has 0 spiro atoms. The third-order valence-electron chi connectivity index (χ3n) is 3.43. The number of anilines is 1. The van der Waals surface area contributed by atoms with Crippen LogP contribution in [0.4, 0.5) is 5.69 Å². The minimum Gasteiger partial charge on any atom is -0.318 e. The summed E-state index contributed by atoms with van der Waals surface area (Å²) in [6.45, 7) is 0.590. The van der Waals surface area contributed by atoms with Crippen molar-refractivity contribution in [2.75, 3.05) is 5.43 Å². The molecule has 0 atom stereocenters. The van der Waals surface area contributed by atoms with Crippen LogP contribution in [-0.2, 0) is 6.54 Å². The Balaban J connectivity index is 1.82. The highest BCUT2D eigenvalue weighted by Crippen LogP contribution is 2.27. The Hall–Kier alpha value is -1.86. The smallest absolute Gasteiger partial charge is 0.288 e. The van der Waals surface area contributed by atoms with E-state index in [1.165, 1.54) is 6.20 Å². The average molecular weight is 440 g/mol. The number of nitrogens with one attached hydrogen (secondary N) is 2. The first-order valence-electron chi connectivity index (χ1n) is 7.33. The largest absolute Gasteiger partial charge is 0.318 e. The molecule has 1 aromatic heterocycles. The summed E-state index contributed by atoms with van der Waals surface area (Å²) >= 11 is 15.6. The molecule has 0 unspecified atom stereocenters. The fourth-order valence-corrected chi connectivity index (χ4v) is 3.13. The molecule has 0 radical (unpaired) electrons. The van der Waals surface area contributed by atoms with Crippen LogP contribution >= 0.6 is 39.1 Å². The first-order chi connectivity index (χ1) is 12.1. The van der Waals surface area contributed by atoms with Crippen molar-refractivity contribution >= 4 is 44.8 Å². The maximum Gasteiger partial charge on any atom is 0.288 e. The van der Waals surface area contributed by atoms with Crippen LogP contribution in [0.15, 0.2) is 64.0 Å². The summed E-state index contributed by atoms with van der Waals surface area (Å²) in [5.74, 6) is 0. The maximum atomic E-state index is 12.6. The summed E-state index contributed by atoms with van der Waals surface area (Å²) in [7, 11) is 0. The van der Waals surface area contributed by atoms with Crippen LogP contribution in [0, 0.1) is 0 Å². The van der Waals surface area contributed by atoms with Crippen molar-refractivity contribution in [2.24, 2.45) is 0 Å². The normalized spacial score (nSPS) is 10.7. The van der Waals surface area contributed by atoms with Gasteiger partial charge in [-0.25, -0.2) is 5.43 Å². The van der Waals surface area contributed by atoms with Gasteiger partial charge in [-0.15, -0.1) is 0 Å². The molecule has 3 rings (SSSR count). The summed E-state index contributed by atoms with van der Waals surface area (Å²) in [6.07, 6.45) is 1.52. The van der Waals surface area contributed by atoms with Crippen molar-refractivity contribution in [1.82, 2.24) is 15.2 Å². The summed E-state index contributed by atoms with van der Waals surface area (Å²) in [5.41, 5.74) is 7.61. The summed E-state index contributed by atoms with van der Waals surface area (Å²) in [4.78, 5) is 12.6. The molecular weight excluding hydrogens is 427 g/mol. The van der Waals surface area contributed by atoms with E-state index in [2.05, 4.69) is 31.9 Å². The van der Waals surface area contributed by atoms with E-state index in [4.69, 9.17) is 23.2 Å². The van der Waals surface area contributed by atoms with Gasteiger partial charge in [0.25, 0.3) is 5.56 Å². The van der Waals surface area contributed by atoms with Gasteiger partial charge >= 0.3 is 0 Å². The van der Waals surface area contributed by atoms with E-state index >= 15 is 0 Å². The number of nitrogens with zero attached hydrogens (tertiary/aromatic N) is 2. The Bertz CT molecular complexity index is 927. The molecule has 2 N–H and O–H groups in total. The van der Waals surface area contributed by atoms with Gasteiger partial charge in [0.2, 0.25) is 0 Å². The zero-order valence-corrected chi connectivity index (χ0v) is 15.9. The zero-order valence-electron chi connectivity index (χ0n) is 12.8. The van der Waals surface area contributed by atoms with Crippen molar-refractivity contribution in [1.29, 1.82) is 0 Å². The molecule has 2 aromatic carbocycles. The summed E-state index contributed by atoms with van der Waals surface area (Å²) < 4.78 is 1.48. The molecule has 1 heterocycles. The van der Waals surface area contributed by atoms with Crippen LogP contribution in [0.25, 0.3) is 5.69 Å². The van der Waals surface area contributed by atoms with Gasteiger partial charge in [0.15, 0.2) is 0 Å². The summed E-state index contributed by atoms with van der Waals surface area (Å²) in [6, 6.07) is 14.9. The van der Waals surface area contributed by atoms with Crippen LogP contribution < -0.4 is 16.4 Å². The van der Waals surface area contributed by atoms with E-state index in [9.17, 15) is 4.79 Å². The van der Waals surface area contributed by atoms with Crippen molar-refractivity contribution in [3.8, 4) is 5.69 Å². The number of benzene rings is 2. The first-order valence-corrected chi connectivity index (χ1v) is 8.88. The van der Waals surface area contributed by atoms with E-state index in [1.54, 1.807) is 18.2 Å². The highest BCUT2D eigenvalue weighted by Gasteiger charge is 2.14. The molecule has 0 aliphatic carbocycles. The zero-order chi connectivity index (χ0) is 17.8. The molecule has 0 aliphatic heterocycles. The number of halogens is 3. The lowest BCUT2D eigenvalue weighted by Gasteiger charge is -2.13. The van der Waals surface area contributed by atoms with E-state index in [1.807, 2.05) is 30.3 Å². The number of aromatic nitrogens is 2. The van der Waals surface area contributed by atoms with E-state index in [-0.39, 0.29) is 5.56 Å². The van der Waals surface area contributed by atoms with E-state index in [0.29, 0.717) is 32.4 Å². The van der Waals surface area contributed by atoms with Crippen molar-refractivity contribution in [3.05, 3.63) is 85.2 Å². The molecule has 3 aromatic rings. The second-order valence-corrected chi connectivity index (χ2v) is 6.73. The Morgan fingerprint density at radius 1 is 1.04 bits per heavy atom. The molecule has 0 fully saturated rings. The molecule has 128 valence electrons. The van der Waals surface area contributed by atoms with Gasteiger partial charge in [-0.05, 0) is 33.6 Å². The van der Waals surface area contributed by atoms with Crippen LogP contribution in [-0.4, -0.2) is 9.78 Å². The Labute approximate surface area is 162 Å². The molecule has 0 bridgehead atoms. The Morgan fingerprint density at radius 2 is 1.72 bits per heavy atom. The third-order valence-corrected chi connectivity index (χ3v) is 4.80. The molecule has 0 amide bonds. The lowest BCUT2D eigenvalue weighted by Crippen LogP contribution is -2.27. The topological polar surface area (TPSA) is 59.0 Å². The van der Waals surface area contributed by atoms with Crippen LogP contribution in [0.2, 0.25) is 10.0 Å². The van der Waals surface area contributed by atoms with E-state index in [0.717, 1.165) is 10.2 Å². The lowest BCUT2D eigenvalue weighted by atomic mass is 10.2. The van der Waals surface area contributed by atoms with Crippen LogP contribution in [0.1, 0.15) is 5.56 Å². The molecule has 0 saturated heterocycles. The third kappa shape index (κ3) is 4.04. The Morgan fingerprint density at radius 3 is 2.40 bits per heavy atom. The monoisotopic (exact) mass is 438 g/mol. The lowest BCUT2D eigenvalue weighted by molar-refractivity contribution is 0.773. The molecule has 8 heteroatoms.